The maximum absolute atomic E-state index is 5.69. The molecule has 0 saturated carbocycles. The second kappa shape index (κ2) is 5.51. The summed E-state index contributed by atoms with van der Waals surface area (Å²) in [6.07, 6.45) is 1.72. The maximum Gasteiger partial charge on any atom is 0.263 e. The van der Waals surface area contributed by atoms with Gasteiger partial charge in [0.1, 0.15) is 0 Å². The van der Waals surface area contributed by atoms with Crippen LogP contribution in [0.4, 0.5) is 5.95 Å². The lowest BCUT2D eigenvalue weighted by molar-refractivity contribution is 0.866. The molecule has 1 heterocycles. The van der Waals surface area contributed by atoms with Gasteiger partial charge in [-0.2, -0.15) is 5.10 Å². The van der Waals surface area contributed by atoms with Crippen LogP contribution >= 0.6 is 0 Å². The van der Waals surface area contributed by atoms with Crippen LogP contribution in [0.15, 0.2) is 29.4 Å². The van der Waals surface area contributed by atoms with E-state index in [2.05, 4.69) is 46.7 Å². The van der Waals surface area contributed by atoms with Crippen LogP contribution in [0.2, 0.25) is 0 Å². The normalized spacial score (nSPS) is 11.4. The van der Waals surface area contributed by atoms with Crippen molar-refractivity contribution < 1.29 is 0 Å². The number of nitrogens with one attached hydrogen (secondary N) is 1. The summed E-state index contributed by atoms with van der Waals surface area (Å²) in [7, 11) is 0. The molecule has 6 heteroatoms. The quantitative estimate of drug-likeness (QED) is 0.498. The molecule has 0 spiro atoms. The van der Waals surface area contributed by atoms with E-state index in [0.29, 0.717) is 17.7 Å². The molecule has 0 bridgehead atoms. The molecule has 1 aromatic heterocycles. The molecule has 0 radical (unpaired) electrons. The van der Waals surface area contributed by atoms with Gasteiger partial charge in [0.2, 0.25) is 0 Å². The van der Waals surface area contributed by atoms with Crippen LogP contribution in [-0.2, 0) is 0 Å². The molecule has 3 N–H and O–H groups in total. The summed E-state index contributed by atoms with van der Waals surface area (Å²) in [6, 6.07) is 8.25. The van der Waals surface area contributed by atoms with Crippen LogP contribution < -0.4 is 11.3 Å². The first-order chi connectivity index (χ1) is 9.08. The standard InChI is InChI=1S/C13H18N6/c1-9(2)12-6-4-11(5-7-12)8-15-17-13-18-16-10(3)19(13)14/h4-9H,14H2,1-3H3,(H,17,18)/b15-8+. The molecule has 100 valence electrons. The number of hydrogen-bond acceptors (Lipinski definition) is 5. The Balaban J connectivity index is 2.01. The molecule has 0 amide bonds. The SMILES string of the molecule is Cc1nnc(N/N=C/c2ccc(C(C)C)cc2)n1N. The van der Waals surface area contributed by atoms with Crippen LogP contribution in [0.3, 0.4) is 0 Å². The van der Waals surface area contributed by atoms with E-state index < -0.39 is 0 Å². The fraction of sp³-hybridized carbons (Fsp3) is 0.308. The number of benzene rings is 1. The lowest BCUT2D eigenvalue weighted by Crippen LogP contribution is -2.13. The Morgan fingerprint density at radius 1 is 1.26 bits per heavy atom. The monoisotopic (exact) mass is 258 g/mol. The molecule has 19 heavy (non-hydrogen) atoms. The van der Waals surface area contributed by atoms with E-state index in [0.717, 1.165) is 5.56 Å². The number of aromatic nitrogens is 3. The smallest absolute Gasteiger partial charge is 0.263 e. The summed E-state index contributed by atoms with van der Waals surface area (Å²) in [5.74, 6) is 7.25. The Labute approximate surface area is 112 Å². The van der Waals surface area contributed by atoms with E-state index >= 15 is 0 Å². The van der Waals surface area contributed by atoms with Crippen LogP contribution in [0.1, 0.15) is 36.7 Å². The molecule has 2 aromatic rings. The fourth-order valence-corrected chi connectivity index (χ4v) is 1.58. The average Bonchev–Trinajstić information content (AvgIpc) is 2.71. The Kier molecular flexibility index (Phi) is 3.79. The summed E-state index contributed by atoms with van der Waals surface area (Å²) >= 11 is 0. The molecule has 0 atom stereocenters. The number of rotatable bonds is 4. The Hall–Kier alpha value is -2.37. The third-order valence-electron chi connectivity index (χ3n) is 2.85. The molecule has 0 aliphatic rings. The van der Waals surface area contributed by atoms with Crippen molar-refractivity contribution in [2.45, 2.75) is 26.7 Å². The highest BCUT2D eigenvalue weighted by Crippen LogP contribution is 2.13. The zero-order chi connectivity index (χ0) is 13.8. The Morgan fingerprint density at radius 3 is 2.47 bits per heavy atom. The van der Waals surface area contributed by atoms with Crippen LogP contribution in [0, 0.1) is 6.92 Å². The van der Waals surface area contributed by atoms with Gasteiger partial charge in [-0.25, -0.2) is 10.1 Å². The van der Waals surface area contributed by atoms with Crippen molar-refractivity contribution in [1.82, 2.24) is 14.9 Å². The van der Waals surface area contributed by atoms with Gasteiger partial charge in [0.25, 0.3) is 5.95 Å². The largest absolute Gasteiger partial charge is 0.335 e. The third kappa shape index (κ3) is 3.09. The molecule has 0 unspecified atom stereocenters. The number of nitrogen functional groups attached to an aromatic ring is 1. The van der Waals surface area contributed by atoms with E-state index in [1.807, 2.05) is 12.1 Å². The topological polar surface area (TPSA) is 81.1 Å². The molecule has 0 fully saturated rings. The lowest BCUT2D eigenvalue weighted by atomic mass is 10.0. The van der Waals surface area contributed by atoms with Gasteiger partial charge in [-0.3, -0.25) is 0 Å². The van der Waals surface area contributed by atoms with Gasteiger partial charge >= 0.3 is 0 Å². The van der Waals surface area contributed by atoms with Crippen molar-refractivity contribution in [3.05, 3.63) is 41.2 Å². The molecular formula is C13H18N6. The molecular weight excluding hydrogens is 240 g/mol. The van der Waals surface area contributed by atoms with Crippen molar-refractivity contribution in [3.63, 3.8) is 0 Å². The average molecular weight is 258 g/mol. The van der Waals surface area contributed by atoms with Gasteiger partial charge in [0.15, 0.2) is 5.82 Å². The van der Waals surface area contributed by atoms with E-state index in [1.54, 1.807) is 13.1 Å². The maximum atomic E-state index is 5.69. The van der Waals surface area contributed by atoms with Gasteiger partial charge in [-0.1, -0.05) is 38.1 Å². The van der Waals surface area contributed by atoms with Crippen molar-refractivity contribution in [1.29, 1.82) is 0 Å². The number of hydrogen-bond donors (Lipinski definition) is 2. The molecule has 6 nitrogen and oxygen atoms in total. The van der Waals surface area contributed by atoms with Gasteiger partial charge in [-0.15, -0.1) is 10.2 Å². The highest BCUT2D eigenvalue weighted by atomic mass is 15.5. The lowest BCUT2D eigenvalue weighted by Gasteiger charge is -2.04. The number of aryl methyl sites for hydroxylation is 1. The highest BCUT2D eigenvalue weighted by molar-refractivity contribution is 5.80. The zero-order valence-corrected chi connectivity index (χ0v) is 11.3. The predicted octanol–water partition coefficient (Wildman–Crippen LogP) is 1.87. The minimum Gasteiger partial charge on any atom is -0.335 e. The number of nitrogens with zero attached hydrogens (tertiary/aromatic N) is 4. The summed E-state index contributed by atoms with van der Waals surface area (Å²) in [4.78, 5) is 0. The number of nitrogens with two attached hydrogens (primary N) is 1. The van der Waals surface area contributed by atoms with Crippen molar-refractivity contribution >= 4 is 12.2 Å². The minimum absolute atomic E-state index is 0.410. The fourth-order valence-electron chi connectivity index (χ4n) is 1.58. The first kappa shape index (κ1) is 13.1. The van der Waals surface area contributed by atoms with Crippen molar-refractivity contribution in [2.75, 3.05) is 11.3 Å². The van der Waals surface area contributed by atoms with Gasteiger partial charge in [0.05, 0.1) is 6.21 Å². The molecule has 1 aromatic carbocycles. The summed E-state index contributed by atoms with van der Waals surface area (Å²) < 4.78 is 1.35. The molecule has 0 saturated heterocycles. The summed E-state index contributed by atoms with van der Waals surface area (Å²) in [5, 5.41) is 11.8. The van der Waals surface area contributed by atoms with Crippen LogP contribution in [-0.4, -0.2) is 21.1 Å². The second-order valence-electron chi connectivity index (χ2n) is 4.63. The third-order valence-corrected chi connectivity index (χ3v) is 2.85. The predicted molar refractivity (Wildman–Crippen MR) is 76.7 cm³/mol. The second-order valence-corrected chi connectivity index (χ2v) is 4.63. The van der Waals surface area contributed by atoms with E-state index in [-0.39, 0.29) is 0 Å². The van der Waals surface area contributed by atoms with Gasteiger partial charge in [0, 0.05) is 0 Å². The highest BCUT2D eigenvalue weighted by Gasteiger charge is 2.02. The number of hydrazone groups is 1. The Morgan fingerprint density at radius 2 is 1.95 bits per heavy atom. The van der Waals surface area contributed by atoms with Crippen LogP contribution in [0.25, 0.3) is 0 Å². The van der Waals surface area contributed by atoms with Crippen LogP contribution in [0.5, 0.6) is 0 Å². The summed E-state index contributed by atoms with van der Waals surface area (Å²) in [5.41, 5.74) is 5.07. The minimum atomic E-state index is 0.410. The number of anilines is 1. The molecule has 2 rings (SSSR count). The van der Waals surface area contributed by atoms with E-state index in [1.165, 1.54) is 10.2 Å². The molecule has 0 aliphatic carbocycles. The van der Waals surface area contributed by atoms with Crippen molar-refractivity contribution in [2.24, 2.45) is 5.10 Å². The van der Waals surface area contributed by atoms with Gasteiger partial charge < -0.3 is 5.84 Å². The van der Waals surface area contributed by atoms with Gasteiger partial charge in [-0.05, 0) is 24.0 Å². The van der Waals surface area contributed by atoms with Crippen molar-refractivity contribution in [3.8, 4) is 0 Å². The zero-order valence-electron chi connectivity index (χ0n) is 11.3. The first-order valence-corrected chi connectivity index (χ1v) is 6.14. The first-order valence-electron chi connectivity index (χ1n) is 6.14. The van der Waals surface area contributed by atoms with E-state index in [4.69, 9.17) is 5.84 Å². The summed E-state index contributed by atoms with van der Waals surface area (Å²) in [6.45, 7) is 6.11. The van der Waals surface area contributed by atoms with E-state index in [9.17, 15) is 0 Å². The molecule has 0 aliphatic heterocycles. The Bertz CT molecular complexity index is 567.